The Bertz CT molecular complexity index is 253. The molecule has 0 spiro atoms. The van der Waals surface area contributed by atoms with Crippen LogP contribution in [0.3, 0.4) is 0 Å². The molecule has 0 saturated heterocycles. The summed E-state index contributed by atoms with van der Waals surface area (Å²) in [5, 5.41) is 0. The zero-order chi connectivity index (χ0) is 9.64. The van der Waals surface area contributed by atoms with Crippen LogP contribution in [-0.2, 0) is 0 Å². The highest BCUT2D eigenvalue weighted by Crippen LogP contribution is 2.16. The Kier molecular flexibility index (Phi) is 3.39. The lowest BCUT2D eigenvalue weighted by atomic mass is 10.1. The molecule has 0 radical (unpaired) electrons. The Morgan fingerprint density at radius 2 is 2.14 bits per heavy atom. The van der Waals surface area contributed by atoms with Gasteiger partial charge in [-0.2, -0.15) is 0 Å². The van der Waals surface area contributed by atoms with Gasteiger partial charge in [-0.25, -0.2) is 4.99 Å². The van der Waals surface area contributed by atoms with Crippen LogP contribution in [0.15, 0.2) is 29.4 Å². The fourth-order valence-electron chi connectivity index (χ4n) is 2.03. The van der Waals surface area contributed by atoms with E-state index in [1.807, 2.05) is 12.5 Å². The van der Waals surface area contributed by atoms with Gasteiger partial charge < -0.3 is 4.90 Å². The van der Waals surface area contributed by atoms with Gasteiger partial charge in [-0.05, 0) is 25.7 Å². The maximum absolute atomic E-state index is 4.24. The SMILES string of the molecule is C1=CC(N2C=NC=CCC2)CCCC1. The molecule has 1 unspecified atom stereocenters. The second kappa shape index (κ2) is 4.99. The summed E-state index contributed by atoms with van der Waals surface area (Å²) in [4.78, 5) is 6.61. The van der Waals surface area contributed by atoms with Crippen molar-refractivity contribution >= 4 is 6.34 Å². The number of rotatable bonds is 1. The Balaban J connectivity index is 1.98. The van der Waals surface area contributed by atoms with E-state index in [1.165, 1.54) is 25.7 Å². The lowest BCUT2D eigenvalue weighted by Gasteiger charge is -2.26. The molecule has 14 heavy (non-hydrogen) atoms. The molecular weight excluding hydrogens is 172 g/mol. The molecule has 0 aromatic rings. The molecule has 0 N–H and O–H groups in total. The summed E-state index contributed by atoms with van der Waals surface area (Å²) in [6.45, 7) is 1.11. The smallest absolute Gasteiger partial charge is 0.0909 e. The summed E-state index contributed by atoms with van der Waals surface area (Å²) < 4.78 is 0. The minimum atomic E-state index is 0.584. The van der Waals surface area contributed by atoms with Crippen molar-refractivity contribution in [3.05, 3.63) is 24.4 Å². The predicted octanol–water partition coefficient (Wildman–Crippen LogP) is 2.73. The number of allylic oxidation sites excluding steroid dienone is 1. The van der Waals surface area contributed by atoms with E-state index < -0.39 is 0 Å². The lowest BCUT2D eigenvalue weighted by Crippen LogP contribution is -2.32. The largest absolute Gasteiger partial charge is 0.356 e. The Morgan fingerprint density at radius 1 is 1.14 bits per heavy atom. The lowest BCUT2D eigenvalue weighted by molar-refractivity contribution is 0.355. The topological polar surface area (TPSA) is 15.6 Å². The molecule has 76 valence electrons. The van der Waals surface area contributed by atoms with Gasteiger partial charge in [-0.1, -0.05) is 24.6 Å². The monoisotopic (exact) mass is 190 g/mol. The molecule has 0 amide bonds. The zero-order valence-electron chi connectivity index (χ0n) is 8.60. The Morgan fingerprint density at radius 3 is 3.14 bits per heavy atom. The number of hydrogen-bond donors (Lipinski definition) is 0. The average molecular weight is 190 g/mol. The van der Waals surface area contributed by atoms with Crippen molar-refractivity contribution in [2.45, 2.75) is 38.1 Å². The molecule has 0 aromatic heterocycles. The van der Waals surface area contributed by atoms with E-state index in [2.05, 4.69) is 28.1 Å². The van der Waals surface area contributed by atoms with E-state index in [0.29, 0.717) is 6.04 Å². The summed E-state index contributed by atoms with van der Waals surface area (Å²) in [6.07, 6.45) is 17.0. The van der Waals surface area contributed by atoms with Gasteiger partial charge in [0.1, 0.15) is 0 Å². The van der Waals surface area contributed by atoms with Crippen molar-refractivity contribution < 1.29 is 0 Å². The Labute approximate surface area is 86.0 Å². The van der Waals surface area contributed by atoms with Crippen molar-refractivity contribution in [2.24, 2.45) is 4.99 Å². The molecule has 2 aliphatic rings. The summed E-state index contributed by atoms with van der Waals surface area (Å²) in [7, 11) is 0. The zero-order valence-corrected chi connectivity index (χ0v) is 8.60. The van der Waals surface area contributed by atoms with E-state index in [4.69, 9.17) is 0 Å². The highest BCUT2D eigenvalue weighted by atomic mass is 15.2. The maximum Gasteiger partial charge on any atom is 0.0909 e. The van der Waals surface area contributed by atoms with Gasteiger partial charge in [-0.3, -0.25) is 0 Å². The third-order valence-corrected chi connectivity index (χ3v) is 2.87. The quantitative estimate of drug-likeness (QED) is 0.580. The summed E-state index contributed by atoms with van der Waals surface area (Å²) in [5.41, 5.74) is 0. The normalized spacial score (nSPS) is 27.4. The second-order valence-electron chi connectivity index (χ2n) is 3.96. The molecule has 2 heteroatoms. The van der Waals surface area contributed by atoms with Crippen LogP contribution in [0.2, 0.25) is 0 Å². The van der Waals surface area contributed by atoms with Crippen LogP contribution in [0.1, 0.15) is 32.1 Å². The first-order valence-electron chi connectivity index (χ1n) is 5.57. The van der Waals surface area contributed by atoms with Crippen molar-refractivity contribution in [1.82, 2.24) is 4.90 Å². The molecular formula is C12H18N2. The first-order chi connectivity index (χ1) is 6.97. The van der Waals surface area contributed by atoms with Crippen LogP contribution in [0.5, 0.6) is 0 Å². The molecule has 1 heterocycles. The van der Waals surface area contributed by atoms with E-state index >= 15 is 0 Å². The molecule has 1 aliphatic heterocycles. The summed E-state index contributed by atoms with van der Waals surface area (Å²) in [6, 6.07) is 0.584. The Hall–Kier alpha value is -1.05. The van der Waals surface area contributed by atoms with Gasteiger partial charge in [0, 0.05) is 18.8 Å². The number of hydrogen-bond acceptors (Lipinski definition) is 2. The summed E-state index contributed by atoms with van der Waals surface area (Å²) >= 11 is 0. The van der Waals surface area contributed by atoms with Gasteiger partial charge in [0.25, 0.3) is 0 Å². The first kappa shape index (κ1) is 9.50. The van der Waals surface area contributed by atoms with Gasteiger partial charge in [0.2, 0.25) is 0 Å². The highest BCUT2D eigenvalue weighted by Gasteiger charge is 2.13. The van der Waals surface area contributed by atoms with Gasteiger partial charge in [0.05, 0.1) is 6.34 Å². The van der Waals surface area contributed by atoms with E-state index in [0.717, 1.165) is 13.0 Å². The second-order valence-corrected chi connectivity index (χ2v) is 3.96. The fraction of sp³-hybridized carbons (Fsp3) is 0.583. The van der Waals surface area contributed by atoms with Crippen LogP contribution >= 0.6 is 0 Å². The third kappa shape index (κ3) is 2.47. The maximum atomic E-state index is 4.24. The first-order valence-corrected chi connectivity index (χ1v) is 5.57. The molecule has 2 rings (SSSR count). The van der Waals surface area contributed by atoms with Gasteiger partial charge in [-0.15, -0.1) is 0 Å². The summed E-state index contributed by atoms with van der Waals surface area (Å²) in [5.74, 6) is 0. The molecule has 2 nitrogen and oxygen atoms in total. The van der Waals surface area contributed by atoms with Crippen molar-refractivity contribution in [3.8, 4) is 0 Å². The molecule has 0 bridgehead atoms. The minimum absolute atomic E-state index is 0.584. The van der Waals surface area contributed by atoms with Crippen LogP contribution in [-0.4, -0.2) is 23.8 Å². The van der Waals surface area contributed by atoms with Gasteiger partial charge in [0.15, 0.2) is 0 Å². The third-order valence-electron chi connectivity index (χ3n) is 2.87. The van der Waals surface area contributed by atoms with Gasteiger partial charge >= 0.3 is 0 Å². The standard InChI is InChI=1S/C12H18N2/c1-2-4-8-12(7-3-1)14-10-6-5-9-13-11-14/h3,5,7,9,11-12H,1-2,4,6,8,10H2. The number of nitrogens with zero attached hydrogens (tertiary/aromatic N) is 2. The van der Waals surface area contributed by atoms with Crippen LogP contribution < -0.4 is 0 Å². The minimum Gasteiger partial charge on any atom is -0.356 e. The van der Waals surface area contributed by atoms with Crippen molar-refractivity contribution in [2.75, 3.05) is 6.54 Å². The van der Waals surface area contributed by atoms with E-state index in [-0.39, 0.29) is 0 Å². The average Bonchev–Trinajstić information content (AvgIpc) is 2.62. The van der Waals surface area contributed by atoms with E-state index in [9.17, 15) is 0 Å². The van der Waals surface area contributed by atoms with Crippen LogP contribution in [0.25, 0.3) is 0 Å². The van der Waals surface area contributed by atoms with Crippen molar-refractivity contribution in [3.63, 3.8) is 0 Å². The predicted molar refractivity (Wildman–Crippen MR) is 60.4 cm³/mol. The molecule has 0 aromatic carbocycles. The van der Waals surface area contributed by atoms with Crippen molar-refractivity contribution in [1.29, 1.82) is 0 Å². The van der Waals surface area contributed by atoms with Crippen LogP contribution in [0, 0.1) is 0 Å². The highest BCUT2D eigenvalue weighted by molar-refractivity contribution is 5.57. The molecule has 0 fully saturated rings. The molecule has 1 aliphatic carbocycles. The number of aliphatic imine (C=N–C) groups is 1. The fourth-order valence-corrected chi connectivity index (χ4v) is 2.03. The van der Waals surface area contributed by atoms with Crippen LogP contribution in [0.4, 0.5) is 0 Å². The van der Waals surface area contributed by atoms with E-state index in [1.54, 1.807) is 0 Å². The molecule has 0 saturated carbocycles. The molecule has 1 atom stereocenters.